The number of rotatable bonds is 5. The number of amides is 2. The van der Waals surface area contributed by atoms with Crippen LogP contribution < -0.4 is 16.4 Å². The van der Waals surface area contributed by atoms with Crippen LogP contribution in [0.4, 0.5) is 0 Å². The molecule has 2 amide bonds. The Balaban J connectivity index is 1.53. The van der Waals surface area contributed by atoms with Crippen LogP contribution in [0.2, 0.25) is 0 Å². The van der Waals surface area contributed by atoms with Crippen molar-refractivity contribution in [2.45, 2.75) is 44.2 Å². The lowest BCUT2D eigenvalue weighted by molar-refractivity contribution is -0.121. The summed E-state index contributed by atoms with van der Waals surface area (Å²) in [7, 11) is 0. The van der Waals surface area contributed by atoms with Crippen LogP contribution in [-0.4, -0.2) is 35.4 Å². The summed E-state index contributed by atoms with van der Waals surface area (Å²) in [6.45, 7) is 0.377. The number of benzene rings is 1. The molecule has 5 N–H and O–H groups in total. The summed E-state index contributed by atoms with van der Waals surface area (Å²) in [6.07, 6.45) is 5.74. The van der Waals surface area contributed by atoms with Gasteiger partial charge in [0.15, 0.2) is 0 Å². The molecule has 1 aromatic heterocycles. The van der Waals surface area contributed by atoms with Crippen LogP contribution >= 0.6 is 0 Å². The van der Waals surface area contributed by atoms with Crippen molar-refractivity contribution in [2.75, 3.05) is 6.54 Å². The minimum absolute atomic E-state index is 0.0177. The molecule has 128 valence electrons. The first kappa shape index (κ1) is 16.5. The number of hydrogen-bond donors (Lipinski definition) is 4. The standard InChI is InChI=1S/C18H24N4O2/c19-10-8-17(23)21-12-4-6-13(7-5-12)22-18(24)15-2-1-3-16-14(15)9-11-20-16/h1-3,9,11-13,20H,4-8,10,19H2,(H,21,23)(H,22,24)/t12-,13-. The maximum Gasteiger partial charge on any atom is 0.252 e. The fraction of sp³-hybridized carbons (Fsp3) is 0.444. The average molecular weight is 328 g/mol. The summed E-state index contributed by atoms with van der Waals surface area (Å²) in [5.74, 6) is -0.0139. The van der Waals surface area contributed by atoms with Crippen molar-refractivity contribution in [1.82, 2.24) is 15.6 Å². The summed E-state index contributed by atoms with van der Waals surface area (Å²) in [5, 5.41) is 7.08. The molecule has 0 aliphatic heterocycles. The summed E-state index contributed by atoms with van der Waals surface area (Å²) >= 11 is 0. The quantitative estimate of drug-likeness (QED) is 0.672. The topological polar surface area (TPSA) is 100 Å². The third kappa shape index (κ3) is 3.76. The molecule has 0 radical (unpaired) electrons. The molecule has 0 bridgehead atoms. The highest BCUT2D eigenvalue weighted by atomic mass is 16.2. The highest BCUT2D eigenvalue weighted by Crippen LogP contribution is 2.21. The van der Waals surface area contributed by atoms with E-state index in [2.05, 4.69) is 15.6 Å². The minimum atomic E-state index is -0.0317. The Morgan fingerprint density at radius 3 is 2.50 bits per heavy atom. The molecule has 0 atom stereocenters. The van der Waals surface area contributed by atoms with Crippen molar-refractivity contribution in [2.24, 2.45) is 5.73 Å². The van der Waals surface area contributed by atoms with E-state index in [0.717, 1.165) is 36.6 Å². The number of aromatic amines is 1. The number of nitrogens with one attached hydrogen (secondary N) is 3. The lowest BCUT2D eigenvalue weighted by Crippen LogP contribution is -2.44. The van der Waals surface area contributed by atoms with Crippen LogP contribution in [0.5, 0.6) is 0 Å². The Morgan fingerprint density at radius 2 is 1.79 bits per heavy atom. The molecule has 0 unspecified atom stereocenters. The van der Waals surface area contributed by atoms with Crippen molar-refractivity contribution in [3.05, 3.63) is 36.0 Å². The van der Waals surface area contributed by atoms with E-state index >= 15 is 0 Å². The number of hydrogen-bond acceptors (Lipinski definition) is 3. The van der Waals surface area contributed by atoms with Crippen molar-refractivity contribution < 1.29 is 9.59 Å². The normalized spacial score (nSPS) is 20.7. The first-order valence-electron chi connectivity index (χ1n) is 8.54. The first-order chi connectivity index (χ1) is 11.7. The number of aromatic nitrogens is 1. The van der Waals surface area contributed by atoms with Gasteiger partial charge in [-0.3, -0.25) is 9.59 Å². The van der Waals surface area contributed by atoms with Crippen LogP contribution in [0, 0.1) is 0 Å². The Morgan fingerprint density at radius 1 is 1.08 bits per heavy atom. The van der Waals surface area contributed by atoms with Gasteiger partial charge >= 0.3 is 0 Å². The second-order valence-corrected chi connectivity index (χ2v) is 6.37. The molecular formula is C18H24N4O2. The number of carbonyl (C=O) groups is 2. The van der Waals surface area contributed by atoms with Crippen molar-refractivity contribution in [3.8, 4) is 0 Å². The highest BCUT2D eigenvalue weighted by molar-refractivity contribution is 6.06. The van der Waals surface area contributed by atoms with Gasteiger partial charge in [0.1, 0.15) is 0 Å². The van der Waals surface area contributed by atoms with Gasteiger partial charge in [-0.1, -0.05) is 6.07 Å². The molecule has 1 heterocycles. The van der Waals surface area contributed by atoms with Crippen LogP contribution in [0.1, 0.15) is 42.5 Å². The van der Waals surface area contributed by atoms with Crippen molar-refractivity contribution in [3.63, 3.8) is 0 Å². The Labute approximate surface area is 141 Å². The second-order valence-electron chi connectivity index (χ2n) is 6.37. The molecule has 6 heteroatoms. The van der Waals surface area contributed by atoms with Gasteiger partial charge in [0.25, 0.3) is 5.91 Å². The lowest BCUT2D eigenvalue weighted by Gasteiger charge is -2.29. The van der Waals surface area contributed by atoms with Crippen LogP contribution in [-0.2, 0) is 4.79 Å². The van der Waals surface area contributed by atoms with E-state index in [1.54, 1.807) is 0 Å². The van der Waals surface area contributed by atoms with E-state index in [9.17, 15) is 9.59 Å². The van der Waals surface area contributed by atoms with Gasteiger partial charge in [0.05, 0.1) is 0 Å². The van der Waals surface area contributed by atoms with Gasteiger partial charge in [0, 0.05) is 47.7 Å². The molecule has 0 saturated heterocycles. The fourth-order valence-corrected chi connectivity index (χ4v) is 3.36. The number of carbonyl (C=O) groups excluding carboxylic acids is 2. The molecule has 0 spiro atoms. The zero-order valence-corrected chi connectivity index (χ0v) is 13.7. The molecule has 3 rings (SSSR count). The summed E-state index contributed by atoms with van der Waals surface area (Å²) in [4.78, 5) is 27.3. The van der Waals surface area contributed by atoms with E-state index in [-0.39, 0.29) is 23.9 Å². The Hall–Kier alpha value is -2.34. The maximum atomic E-state index is 12.6. The van der Waals surface area contributed by atoms with Crippen molar-refractivity contribution in [1.29, 1.82) is 0 Å². The van der Waals surface area contributed by atoms with Gasteiger partial charge in [0.2, 0.25) is 5.91 Å². The molecule has 1 aromatic carbocycles. The van der Waals surface area contributed by atoms with E-state index in [1.165, 1.54) is 0 Å². The Kier molecular flexibility index (Phi) is 5.15. The molecular weight excluding hydrogens is 304 g/mol. The van der Waals surface area contributed by atoms with E-state index in [1.807, 2.05) is 30.5 Å². The summed E-state index contributed by atoms with van der Waals surface area (Å²) in [5.41, 5.74) is 7.06. The second kappa shape index (κ2) is 7.49. The largest absolute Gasteiger partial charge is 0.361 e. The fourth-order valence-electron chi connectivity index (χ4n) is 3.36. The van der Waals surface area contributed by atoms with Crippen molar-refractivity contribution >= 4 is 22.7 Å². The maximum absolute atomic E-state index is 12.6. The highest BCUT2D eigenvalue weighted by Gasteiger charge is 2.24. The molecule has 1 aliphatic rings. The predicted octanol–water partition coefficient (Wildman–Crippen LogP) is 1.67. The average Bonchev–Trinajstić information content (AvgIpc) is 3.05. The van der Waals surface area contributed by atoms with E-state index in [4.69, 9.17) is 5.73 Å². The number of H-pyrrole nitrogens is 1. The number of fused-ring (bicyclic) bond motifs is 1. The molecule has 2 aromatic rings. The van der Waals surface area contributed by atoms with Crippen LogP contribution in [0.15, 0.2) is 30.5 Å². The minimum Gasteiger partial charge on any atom is -0.361 e. The third-order valence-electron chi connectivity index (χ3n) is 4.64. The Bertz CT molecular complexity index is 717. The summed E-state index contributed by atoms with van der Waals surface area (Å²) in [6, 6.07) is 7.98. The SMILES string of the molecule is NCCC(=O)N[C@H]1CC[C@H](NC(=O)c2cccc3[nH]ccc23)CC1. The third-order valence-corrected chi connectivity index (χ3v) is 4.64. The van der Waals surface area contributed by atoms with Gasteiger partial charge in [-0.25, -0.2) is 0 Å². The first-order valence-corrected chi connectivity index (χ1v) is 8.54. The molecule has 1 fully saturated rings. The van der Waals surface area contributed by atoms with E-state index < -0.39 is 0 Å². The summed E-state index contributed by atoms with van der Waals surface area (Å²) < 4.78 is 0. The van der Waals surface area contributed by atoms with Crippen LogP contribution in [0.25, 0.3) is 10.9 Å². The number of nitrogens with two attached hydrogens (primary N) is 1. The molecule has 1 saturated carbocycles. The zero-order chi connectivity index (χ0) is 16.9. The molecule has 6 nitrogen and oxygen atoms in total. The monoisotopic (exact) mass is 328 g/mol. The molecule has 1 aliphatic carbocycles. The van der Waals surface area contributed by atoms with Crippen LogP contribution in [0.3, 0.4) is 0 Å². The van der Waals surface area contributed by atoms with E-state index in [0.29, 0.717) is 18.5 Å². The predicted molar refractivity (Wildman–Crippen MR) is 93.6 cm³/mol. The smallest absolute Gasteiger partial charge is 0.252 e. The van der Waals surface area contributed by atoms with Gasteiger partial charge in [-0.05, 0) is 43.9 Å². The lowest BCUT2D eigenvalue weighted by atomic mass is 9.90. The van der Waals surface area contributed by atoms with Gasteiger partial charge in [-0.15, -0.1) is 0 Å². The van der Waals surface area contributed by atoms with Gasteiger partial charge < -0.3 is 21.4 Å². The van der Waals surface area contributed by atoms with Gasteiger partial charge in [-0.2, -0.15) is 0 Å². The molecule has 24 heavy (non-hydrogen) atoms. The zero-order valence-electron chi connectivity index (χ0n) is 13.7.